The molecule has 0 aliphatic carbocycles. The van der Waals surface area contributed by atoms with Gasteiger partial charge in [0.05, 0.1) is 5.69 Å². The van der Waals surface area contributed by atoms with E-state index >= 15 is 0 Å². The topological polar surface area (TPSA) is 68.0 Å². The molecule has 1 atom stereocenters. The fourth-order valence-corrected chi connectivity index (χ4v) is 3.49. The number of carbonyl (C=O) groups is 1. The molecule has 0 spiro atoms. The number of carbonyl (C=O) groups excluding carboxylic acids is 1. The molecule has 0 fully saturated rings. The number of nitrogens with one attached hydrogen (secondary N) is 1. The van der Waals surface area contributed by atoms with E-state index in [0.717, 1.165) is 43.0 Å². The normalized spacial score (nSPS) is 14.5. The number of hydrogen-bond acceptors (Lipinski definition) is 4. The van der Waals surface area contributed by atoms with Gasteiger partial charge in [0.15, 0.2) is 5.82 Å². The summed E-state index contributed by atoms with van der Waals surface area (Å²) in [4.78, 5) is 19.2. The molecule has 1 aromatic carbocycles. The van der Waals surface area contributed by atoms with E-state index < -0.39 is 6.04 Å². The van der Waals surface area contributed by atoms with Crippen LogP contribution in [0.1, 0.15) is 23.7 Å². The van der Waals surface area contributed by atoms with Crippen LogP contribution in [-0.4, -0.2) is 50.8 Å². The second kappa shape index (κ2) is 8.58. The Kier molecular flexibility index (Phi) is 6.16. The Morgan fingerprint density at radius 3 is 2.79 bits per heavy atom. The van der Waals surface area contributed by atoms with E-state index in [1.807, 2.05) is 45.8 Å². The van der Waals surface area contributed by atoms with Crippen molar-refractivity contribution in [3.63, 3.8) is 0 Å². The Balaban J connectivity index is 0.00000225. The van der Waals surface area contributed by atoms with Gasteiger partial charge in [0, 0.05) is 39.6 Å². The molecule has 1 aliphatic rings. The highest BCUT2D eigenvalue weighted by molar-refractivity contribution is 5.85. The molecule has 1 N–H and O–H groups in total. The third kappa shape index (κ3) is 3.81. The second-order valence-corrected chi connectivity index (χ2v) is 6.98. The van der Waals surface area contributed by atoms with Crippen molar-refractivity contribution >= 4 is 18.3 Å². The zero-order chi connectivity index (χ0) is 18.8. The molecule has 0 radical (unpaired) electrons. The van der Waals surface area contributed by atoms with Crippen LogP contribution in [0.5, 0.6) is 0 Å². The molecule has 1 amide bonds. The van der Waals surface area contributed by atoms with Gasteiger partial charge in [-0.15, -0.1) is 12.4 Å². The maximum Gasteiger partial charge on any atom is 0.249 e. The quantitative estimate of drug-likeness (QED) is 0.729. The van der Waals surface area contributed by atoms with E-state index in [4.69, 9.17) is 5.10 Å². The summed E-state index contributed by atoms with van der Waals surface area (Å²) < 4.78 is 3.97. The SMILES string of the molecule is CN(C)C(=O)C(c1ccccc1)n1ccnc1-c1cc2n(n1)CCCNC2.Cl. The lowest BCUT2D eigenvalue weighted by molar-refractivity contribution is -0.130. The standard InChI is InChI=1S/C20H24N6O.ClH/c1-24(2)20(27)18(15-7-4-3-5-8-15)25-12-10-22-19(25)17-13-16-14-21-9-6-11-26(16)23-17;/h3-5,7-8,10,12-13,18,21H,6,9,11,14H2,1-2H3;1H. The summed E-state index contributed by atoms with van der Waals surface area (Å²) in [5, 5.41) is 8.17. The minimum atomic E-state index is -0.474. The Bertz CT molecular complexity index is 910. The van der Waals surface area contributed by atoms with Gasteiger partial charge < -0.3 is 14.8 Å². The number of aryl methyl sites for hydroxylation is 1. The minimum absolute atomic E-state index is 0. The van der Waals surface area contributed by atoms with Crippen molar-refractivity contribution in [2.75, 3.05) is 20.6 Å². The van der Waals surface area contributed by atoms with Crippen LogP contribution in [0.15, 0.2) is 48.8 Å². The zero-order valence-corrected chi connectivity index (χ0v) is 16.9. The molecule has 8 heteroatoms. The van der Waals surface area contributed by atoms with E-state index in [9.17, 15) is 4.79 Å². The Morgan fingerprint density at radius 2 is 2.04 bits per heavy atom. The maximum absolute atomic E-state index is 13.0. The third-order valence-electron chi connectivity index (χ3n) is 4.86. The summed E-state index contributed by atoms with van der Waals surface area (Å²) in [7, 11) is 3.55. The molecule has 0 bridgehead atoms. The number of aromatic nitrogens is 4. The van der Waals surface area contributed by atoms with Crippen LogP contribution < -0.4 is 5.32 Å². The van der Waals surface area contributed by atoms with Gasteiger partial charge in [0.1, 0.15) is 11.7 Å². The monoisotopic (exact) mass is 400 g/mol. The van der Waals surface area contributed by atoms with Crippen LogP contribution in [0.4, 0.5) is 0 Å². The average molecular weight is 401 g/mol. The highest BCUT2D eigenvalue weighted by atomic mass is 35.5. The van der Waals surface area contributed by atoms with Gasteiger partial charge in [-0.25, -0.2) is 4.98 Å². The van der Waals surface area contributed by atoms with Crippen molar-refractivity contribution in [2.24, 2.45) is 0 Å². The fourth-order valence-electron chi connectivity index (χ4n) is 3.49. The van der Waals surface area contributed by atoms with Crippen LogP contribution in [-0.2, 0) is 17.9 Å². The molecule has 1 unspecified atom stereocenters. The first-order valence-electron chi connectivity index (χ1n) is 9.22. The number of nitrogens with zero attached hydrogens (tertiary/aromatic N) is 5. The predicted molar refractivity (Wildman–Crippen MR) is 110 cm³/mol. The Hall–Kier alpha value is -2.64. The summed E-state index contributed by atoms with van der Waals surface area (Å²) in [5.74, 6) is 0.711. The number of imidazole rings is 1. The highest BCUT2D eigenvalue weighted by Crippen LogP contribution is 2.27. The van der Waals surface area contributed by atoms with E-state index in [0.29, 0.717) is 5.82 Å². The number of benzene rings is 1. The van der Waals surface area contributed by atoms with E-state index in [-0.39, 0.29) is 18.3 Å². The number of likely N-dealkylation sites (N-methyl/N-ethyl adjacent to an activating group) is 1. The van der Waals surface area contributed by atoms with Gasteiger partial charge in [0.25, 0.3) is 0 Å². The first-order chi connectivity index (χ1) is 13.1. The van der Waals surface area contributed by atoms with E-state index in [1.165, 1.54) is 0 Å². The molecule has 0 saturated carbocycles. The van der Waals surface area contributed by atoms with Gasteiger partial charge in [-0.3, -0.25) is 9.48 Å². The number of halogens is 1. The molecule has 3 aromatic rings. The molecule has 28 heavy (non-hydrogen) atoms. The summed E-state index contributed by atoms with van der Waals surface area (Å²) in [6, 6.07) is 11.4. The van der Waals surface area contributed by atoms with Gasteiger partial charge in [-0.05, 0) is 24.6 Å². The van der Waals surface area contributed by atoms with Crippen molar-refractivity contribution in [1.82, 2.24) is 29.5 Å². The summed E-state index contributed by atoms with van der Waals surface area (Å²) in [6.45, 7) is 2.69. The van der Waals surface area contributed by atoms with Crippen molar-refractivity contribution in [3.05, 3.63) is 60.0 Å². The van der Waals surface area contributed by atoms with Crippen LogP contribution in [0.3, 0.4) is 0 Å². The number of amides is 1. The lowest BCUT2D eigenvalue weighted by Crippen LogP contribution is -2.32. The lowest BCUT2D eigenvalue weighted by Gasteiger charge is -2.23. The van der Waals surface area contributed by atoms with Gasteiger partial charge in [-0.1, -0.05) is 30.3 Å². The molecule has 3 heterocycles. The fraction of sp³-hybridized carbons (Fsp3) is 0.350. The van der Waals surface area contributed by atoms with Crippen molar-refractivity contribution in [3.8, 4) is 11.5 Å². The number of fused-ring (bicyclic) bond motifs is 1. The summed E-state index contributed by atoms with van der Waals surface area (Å²) >= 11 is 0. The molecular formula is C20H25ClN6O. The van der Waals surface area contributed by atoms with Crippen molar-refractivity contribution in [1.29, 1.82) is 0 Å². The first kappa shape index (κ1) is 20.1. The Morgan fingerprint density at radius 1 is 1.25 bits per heavy atom. The third-order valence-corrected chi connectivity index (χ3v) is 4.86. The summed E-state index contributed by atoms with van der Waals surface area (Å²) in [6.07, 6.45) is 4.64. The van der Waals surface area contributed by atoms with Gasteiger partial charge in [0.2, 0.25) is 5.91 Å². The van der Waals surface area contributed by atoms with E-state index in [1.54, 1.807) is 25.2 Å². The zero-order valence-electron chi connectivity index (χ0n) is 16.1. The number of rotatable bonds is 4. The summed E-state index contributed by atoms with van der Waals surface area (Å²) in [5.41, 5.74) is 2.87. The molecule has 148 valence electrons. The largest absolute Gasteiger partial charge is 0.347 e. The number of hydrogen-bond donors (Lipinski definition) is 1. The maximum atomic E-state index is 13.0. The van der Waals surface area contributed by atoms with E-state index in [2.05, 4.69) is 16.4 Å². The van der Waals surface area contributed by atoms with Gasteiger partial charge in [-0.2, -0.15) is 5.10 Å². The van der Waals surface area contributed by atoms with Crippen molar-refractivity contribution in [2.45, 2.75) is 25.6 Å². The molecule has 2 aromatic heterocycles. The minimum Gasteiger partial charge on any atom is -0.347 e. The molecule has 1 aliphatic heterocycles. The van der Waals surface area contributed by atoms with Crippen LogP contribution in [0, 0.1) is 0 Å². The smallest absolute Gasteiger partial charge is 0.249 e. The molecular weight excluding hydrogens is 376 g/mol. The molecule has 4 rings (SSSR count). The van der Waals surface area contributed by atoms with Crippen LogP contribution in [0.2, 0.25) is 0 Å². The molecule has 7 nitrogen and oxygen atoms in total. The van der Waals surface area contributed by atoms with Crippen molar-refractivity contribution < 1.29 is 4.79 Å². The predicted octanol–water partition coefficient (Wildman–Crippen LogP) is 2.34. The second-order valence-electron chi connectivity index (χ2n) is 6.98. The first-order valence-corrected chi connectivity index (χ1v) is 9.22. The van der Waals surface area contributed by atoms with Crippen LogP contribution in [0.25, 0.3) is 11.5 Å². The van der Waals surface area contributed by atoms with Crippen LogP contribution >= 0.6 is 12.4 Å². The Labute approximate surface area is 170 Å². The average Bonchev–Trinajstić information content (AvgIpc) is 3.25. The lowest BCUT2D eigenvalue weighted by atomic mass is 10.1. The molecule has 0 saturated heterocycles. The van der Waals surface area contributed by atoms with Gasteiger partial charge >= 0.3 is 0 Å². The highest BCUT2D eigenvalue weighted by Gasteiger charge is 2.27.